The number of piperidine rings is 1. The topological polar surface area (TPSA) is 38.8 Å². The summed E-state index contributed by atoms with van der Waals surface area (Å²) in [6.45, 7) is 6.48. The van der Waals surface area contributed by atoms with Crippen molar-refractivity contribution in [1.82, 2.24) is 4.90 Å². The predicted molar refractivity (Wildman–Crippen MR) is 51.0 cm³/mol. The van der Waals surface area contributed by atoms with Crippen LogP contribution in [0.2, 0.25) is 0 Å². The lowest BCUT2D eigenvalue weighted by Crippen LogP contribution is -2.41. The van der Waals surface area contributed by atoms with E-state index in [0.717, 1.165) is 19.6 Å². The van der Waals surface area contributed by atoms with Gasteiger partial charge in [-0.15, -0.1) is 0 Å². The Morgan fingerprint density at radius 2 is 2.43 bits per heavy atom. The summed E-state index contributed by atoms with van der Waals surface area (Å²) in [6, 6.07) is 0. The summed E-state index contributed by atoms with van der Waals surface area (Å²) in [6.07, 6.45) is 0.809. The minimum atomic E-state index is -0.175. The summed E-state index contributed by atoms with van der Waals surface area (Å²) in [5.74, 6) is 0.533. The van der Waals surface area contributed by atoms with Crippen molar-refractivity contribution >= 4 is 6.09 Å². The summed E-state index contributed by atoms with van der Waals surface area (Å²) < 4.78 is 10.9. The van der Waals surface area contributed by atoms with Gasteiger partial charge in [-0.3, -0.25) is 0 Å². The summed E-state index contributed by atoms with van der Waals surface area (Å²) in [4.78, 5) is 12.9. The van der Waals surface area contributed by atoms with Gasteiger partial charge in [0.15, 0.2) is 0 Å². The van der Waals surface area contributed by atoms with E-state index in [9.17, 15) is 4.79 Å². The zero-order valence-corrected chi connectivity index (χ0v) is 8.73. The van der Waals surface area contributed by atoms with Gasteiger partial charge in [0.05, 0.1) is 12.6 Å². The molecule has 0 aromatic carbocycles. The van der Waals surface area contributed by atoms with Crippen molar-refractivity contribution in [2.24, 2.45) is 5.92 Å². The number of rotatable bonds is 3. The maximum Gasteiger partial charge on any atom is 0.410 e. The second kappa shape index (κ2) is 3.77. The van der Waals surface area contributed by atoms with Gasteiger partial charge in [0.2, 0.25) is 0 Å². The summed E-state index contributed by atoms with van der Waals surface area (Å²) in [5.41, 5.74) is 0. The van der Waals surface area contributed by atoms with E-state index in [1.165, 1.54) is 0 Å². The van der Waals surface area contributed by atoms with Crippen molar-refractivity contribution in [1.29, 1.82) is 0 Å². The molecule has 4 heteroatoms. The smallest absolute Gasteiger partial charge is 0.410 e. The van der Waals surface area contributed by atoms with E-state index in [1.807, 2.05) is 0 Å². The molecule has 2 aliphatic rings. The monoisotopic (exact) mass is 199 g/mol. The maximum absolute atomic E-state index is 11.2. The Morgan fingerprint density at radius 3 is 3.14 bits per heavy atom. The van der Waals surface area contributed by atoms with Gasteiger partial charge in [0.1, 0.15) is 6.10 Å². The molecule has 0 aliphatic carbocycles. The molecule has 80 valence electrons. The molecule has 0 N–H and O–H groups in total. The van der Waals surface area contributed by atoms with E-state index in [-0.39, 0.29) is 18.3 Å². The Kier molecular flexibility index (Phi) is 2.63. The fourth-order valence-corrected chi connectivity index (χ4v) is 1.88. The van der Waals surface area contributed by atoms with Crippen LogP contribution in [0.5, 0.6) is 0 Å². The highest BCUT2D eigenvalue weighted by molar-refractivity contribution is 5.70. The van der Waals surface area contributed by atoms with Crippen LogP contribution in [0.1, 0.15) is 20.3 Å². The normalized spacial score (nSPS) is 31.1. The van der Waals surface area contributed by atoms with Gasteiger partial charge in [-0.25, -0.2) is 4.79 Å². The summed E-state index contributed by atoms with van der Waals surface area (Å²) in [5, 5.41) is 0. The lowest BCUT2D eigenvalue weighted by Gasteiger charge is -2.27. The predicted octanol–water partition coefficient (Wildman–Crippen LogP) is 1.25. The average Bonchev–Trinajstić information content (AvgIpc) is 2.42. The maximum atomic E-state index is 11.2. The molecule has 14 heavy (non-hydrogen) atoms. The highest BCUT2D eigenvalue weighted by Crippen LogP contribution is 2.24. The van der Waals surface area contributed by atoms with Crippen LogP contribution in [0.3, 0.4) is 0 Å². The zero-order valence-electron chi connectivity index (χ0n) is 8.73. The zero-order chi connectivity index (χ0) is 10.1. The van der Waals surface area contributed by atoms with Crippen LogP contribution in [0.15, 0.2) is 0 Å². The fourth-order valence-electron chi connectivity index (χ4n) is 1.88. The van der Waals surface area contributed by atoms with Crippen LogP contribution < -0.4 is 0 Å². The van der Waals surface area contributed by atoms with Crippen molar-refractivity contribution in [3.05, 3.63) is 0 Å². The molecule has 2 saturated heterocycles. The van der Waals surface area contributed by atoms with Crippen molar-refractivity contribution in [3.8, 4) is 0 Å². The van der Waals surface area contributed by atoms with E-state index in [2.05, 4.69) is 13.8 Å². The van der Waals surface area contributed by atoms with Crippen LogP contribution >= 0.6 is 0 Å². The van der Waals surface area contributed by atoms with E-state index in [0.29, 0.717) is 12.5 Å². The SMILES string of the molecule is CC(C)CO[C@@H]1CCN2C[C@H]1OC2=O. The molecule has 0 radical (unpaired) electrons. The van der Waals surface area contributed by atoms with Gasteiger partial charge in [0.25, 0.3) is 0 Å². The first-order valence-corrected chi connectivity index (χ1v) is 5.24. The van der Waals surface area contributed by atoms with Gasteiger partial charge < -0.3 is 14.4 Å². The Morgan fingerprint density at radius 1 is 1.64 bits per heavy atom. The van der Waals surface area contributed by atoms with Crippen LogP contribution in [0.25, 0.3) is 0 Å². The number of hydrogen-bond acceptors (Lipinski definition) is 3. The first kappa shape index (κ1) is 9.77. The van der Waals surface area contributed by atoms with Crippen molar-refractivity contribution in [2.45, 2.75) is 32.5 Å². The number of nitrogens with zero attached hydrogens (tertiary/aromatic N) is 1. The molecule has 0 unspecified atom stereocenters. The number of fused-ring (bicyclic) bond motifs is 2. The Balaban J connectivity index is 1.86. The molecular formula is C10H17NO3. The van der Waals surface area contributed by atoms with Crippen molar-refractivity contribution < 1.29 is 14.3 Å². The first-order valence-electron chi connectivity index (χ1n) is 5.24. The van der Waals surface area contributed by atoms with Crippen LogP contribution in [-0.4, -0.2) is 42.9 Å². The molecule has 2 fully saturated rings. The molecule has 0 aromatic rings. The quantitative estimate of drug-likeness (QED) is 0.686. The Bertz CT molecular complexity index is 229. The minimum absolute atomic E-state index is 0.0324. The first-order chi connectivity index (χ1) is 6.66. The number of hydrogen-bond donors (Lipinski definition) is 0. The van der Waals surface area contributed by atoms with Gasteiger partial charge >= 0.3 is 6.09 Å². The van der Waals surface area contributed by atoms with Crippen LogP contribution in [0, 0.1) is 5.92 Å². The lowest BCUT2D eigenvalue weighted by molar-refractivity contribution is -0.0443. The minimum Gasteiger partial charge on any atom is -0.441 e. The second-order valence-corrected chi connectivity index (χ2v) is 4.42. The molecule has 2 aliphatic heterocycles. The third kappa shape index (κ3) is 1.85. The number of amides is 1. The molecule has 2 atom stereocenters. The highest BCUT2D eigenvalue weighted by Gasteiger charge is 2.41. The fraction of sp³-hybridized carbons (Fsp3) is 0.900. The molecule has 0 saturated carbocycles. The average molecular weight is 199 g/mol. The van der Waals surface area contributed by atoms with Crippen molar-refractivity contribution in [3.63, 3.8) is 0 Å². The molecule has 2 heterocycles. The second-order valence-electron chi connectivity index (χ2n) is 4.42. The van der Waals surface area contributed by atoms with E-state index in [4.69, 9.17) is 9.47 Å². The molecule has 2 bridgehead atoms. The number of ether oxygens (including phenoxy) is 2. The van der Waals surface area contributed by atoms with Gasteiger partial charge in [-0.1, -0.05) is 13.8 Å². The van der Waals surface area contributed by atoms with E-state index in [1.54, 1.807) is 4.90 Å². The summed E-state index contributed by atoms with van der Waals surface area (Å²) in [7, 11) is 0. The van der Waals surface area contributed by atoms with E-state index < -0.39 is 0 Å². The summed E-state index contributed by atoms with van der Waals surface area (Å²) >= 11 is 0. The highest BCUT2D eigenvalue weighted by atomic mass is 16.6. The van der Waals surface area contributed by atoms with Gasteiger partial charge in [-0.2, -0.15) is 0 Å². The Labute approximate surface area is 84.2 Å². The number of carbonyl (C=O) groups is 1. The molecule has 0 aromatic heterocycles. The largest absolute Gasteiger partial charge is 0.441 e. The van der Waals surface area contributed by atoms with Crippen LogP contribution in [-0.2, 0) is 9.47 Å². The third-order valence-corrected chi connectivity index (χ3v) is 2.65. The molecule has 2 rings (SSSR count). The molecule has 4 nitrogen and oxygen atoms in total. The molecule has 0 spiro atoms. The van der Waals surface area contributed by atoms with Crippen LogP contribution in [0.4, 0.5) is 4.79 Å². The Hall–Kier alpha value is -0.770. The number of carbonyl (C=O) groups excluding carboxylic acids is 1. The lowest BCUT2D eigenvalue weighted by atomic mass is 10.1. The van der Waals surface area contributed by atoms with Gasteiger partial charge in [-0.05, 0) is 12.3 Å². The molecular weight excluding hydrogens is 182 g/mol. The standard InChI is InChI=1S/C10H17NO3/c1-7(2)6-13-8-3-4-11-5-9(8)14-10(11)12/h7-9H,3-6H2,1-2H3/t8-,9-/m1/s1. The van der Waals surface area contributed by atoms with Crippen molar-refractivity contribution in [2.75, 3.05) is 19.7 Å². The third-order valence-electron chi connectivity index (χ3n) is 2.65. The van der Waals surface area contributed by atoms with Gasteiger partial charge in [0, 0.05) is 13.2 Å². The van der Waals surface area contributed by atoms with E-state index >= 15 is 0 Å². The molecule has 1 amide bonds.